The van der Waals surface area contributed by atoms with E-state index in [2.05, 4.69) is 10.2 Å². The van der Waals surface area contributed by atoms with Gasteiger partial charge in [-0.2, -0.15) is 5.10 Å². The number of hydrogen-bond acceptors (Lipinski definition) is 2. The molecule has 0 aliphatic heterocycles. The number of H-pyrrole nitrogens is 1. The van der Waals surface area contributed by atoms with Crippen LogP contribution >= 0.6 is 12.2 Å². The van der Waals surface area contributed by atoms with Crippen LogP contribution < -0.4 is 0 Å². The monoisotopic (exact) mass is 283 g/mol. The second-order valence-electron chi connectivity index (χ2n) is 5.44. The van der Waals surface area contributed by atoms with Crippen molar-refractivity contribution < 1.29 is 8.78 Å². The van der Waals surface area contributed by atoms with Crippen molar-refractivity contribution in [3.05, 3.63) is 34.1 Å². The van der Waals surface area contributed by atoms with Crippen molar-refractivity contribution in [3.8, 4) is 11.4 Å². The summed E-state index contributed by atoms with van der Waals surface area (Å²) in [6, 6.07) is 2.31. The molecular formula is C13H15F2N3S. The Labute approximate surface area is 115 Å². The molecule has 0 radical (unpaired) electrons. The highest BCUT2D eigenvalue weighted by atomic mass is 32.1. The Morgan fingerprint density at radius 2 is 1.84 bits per heavy atom. The number of rotatable bonds is 1. The zero-order valence-electron chi connectivity index (χ0n) is 11.2. The van der Waals surface area contributed by atoms with E-state index in [-0.39, 0.29) is 11.1 Å². The van der Waals surface area contributed by atoms with E-state index in [0.717, 1.165) is 6.07 Å². The molecule has 6 heteroatoms. The zero-order chi connectivity index (χ0) is 14.4. The summed E-state index contributed by atoms with van der Waals surface area (Å²) in [6.45, 7) is 7.41. The second kappa shape index (κ2) is 4.52. The summed E-state index contributed by atoms with van der Waals surface area (Å²) in [5.74, 6) is -0.849. The number of hydrogen-bond donors (Lipinski definition) is 1. The van der Waals surface area contributed by atoms with Gasteiger partial charge in [0.05, 0.1) is 5.56 Å². The summed E-state index contributed by atoms with van der Waals surface area (Å²) in [5, 5.41) is 6.73. The summed E-state index contributed by atoms with van der Waals surface area (Å²) >= 11 is 5.17. The first kappa shape index (κ1) is 13.9. The third-order valence-corrected chi connectivity index (χ3v) is 3.11. The number of aromatic amines is 1. The minimum Gasteiger partial charge on any atom is -0.295 e. The molecule has 2 rings (SSSR count). The Balaban J connectivity index is 2.74. The summed E-state index contributed by atoms with van der Waals surface area (Å²) in [7, 11) is 0. The molecule has 0 bridgehead atoms. The van der Waals surface area contributed by atoms with Crippen molar-refractivity contribution in [2.75, 3.05) is 0 Å². The smallest absolute Gasteiger partial charge is 0.195 e. The number of aryl methyl sites for hydroxylation is 1. The van der Waals surface area contributed by atoms with E-state index in [4.69, 9.17) is 12.2 Å². The first-order valence-electron chi connectivity index (χ1n) is 5.85. The predicted octanol–water partition coefficient (Wildman–Crippen LogP) is 3.95. The highest BCUT2D eigenvalue weighted by molar-refractivity contribution is 7.71. The Kier molecular flexibility index (Phi) is 3.30. The molecule has 19 heavy (non-hydrogen) atoms. The average Bonchev–Trinajstić information content (AvgIpc) is 2.65. The highest BCUT2D eigenvalue weighted by Crippen LogP contribution is 2.28. The molecule has 1 N–H and O–H groups in total. The van der Waals surface area contributed by atoms with Crippen LogP contribution in [0.5, 0.6) is 0 Å². The molecule has 102 valence electrons. The molecule has 0 aliphatic carbocycles. The molecule has 0 atom stereocenters. The van der Waals surface area contributed by atoms with Gasteiger partial charge in [-0.3, -0.25) is 9.67 Å². The third kappa shape index (κ3) is 2.45. The number of nitrogens with zero attached hydrogens (tertiary/aromatic N) is 2. The van der Waals surface area contributed by atoms with Crippen LogP contribution in [0, 0.1) is 23.3 Å². The molecule has 0 saturated heterocycles. The van der Waals surface area contributed by atoms with E-state index in [1.165, 1.54) is 6.07 Å². The van der Waals surface area contributed by atoms with E-state index < -0.39 is 11.6 Å². The van der Waals surface area contributed by atoms with Gasteiger partial charge in [0.1, 0.15) is 11.6 Å². The van der Waals surface area contributed by atoms with E-state index in [9.17, 15) is 8.78 Å². The fourth-order valence-corrected chi connectivity index (χ4v) is 2.33. The molecule has 0 aliphatic rings. The van der Waals surface area contributed by atoms with Crippen molar-refractivity contribution in [2.24, 2.45) is 0 Å². The van der Waals surface area contributed by atoms with Gasteiger partial charge >= 0.3 is 0 Å². The SMILES string of the molecule is Cc1cc(-c2n[nH]c(=S)n2C(C)(C)C)c(F)cc1F. The quantitative estimate of drug-likeness (QED) is 0.804. The van der Waals surface area contributed by atoms with E-state index in [0.29, 0.717) is 16.2 Å². The van der Waals surface area contributed by atoms with Gasteiger partial charge in [0.2, 0.25) is 0 Å². The van der Waals surface area contributed by atoms with Gasteiger partial charge in [-0.05, 0) is 51.5 Å². The summed E-state index contributed by atoms with van der Waals surface area (Å²) in [4.78, 5) is 0. The zero-order valence-corrected chi connectivity index (χ0v) is 12.0. The highest BCUT2D eigenvalue weighted by Gasteiger charge is 2.22. The van der Waals surface area contributed by atoms with Gasteiger partial charge in [0.25, 0.3) is 0 Å². The van der Waals surface area contributed by atoms with Gasteiger partial charge in [-0.15, -0.1) is 0 Å². The van der Waals surface area contributed by atoms with Crippen molar-refractivity contribution in [3.63, 3.8) is 0 Å². The Morgan fingerprint density at radius 1 is 1.21 bits per heavy atom. The number of benzene rings is 1. The van der Waals surface area contributed by atoms with Crippen molar-refractivity contribution >= 4 is 12.2 Å². The molecule has 1 aromatic carbocycles. The van der Waals surface area contributed by atoms with Crippen LogP contribution in [0.1, 0.15) is 26.3 Å². The lowest BCUT2D eigenvalue weighted by Gasteiger charge is -2.22. The van der Waals surface area contributed by atoms with Gasteiger partial charge in [0, 0.05) is 11.6 Å². The minimum atomic E-state index is -0.650. The van der Waals surface area contributed by atoms with Crippen LogP contribution in [0.25, 0.3) is 11.4 Å². The first-order chi connectivity index (χ1) is 8.71. The van der Waals surface area contributed by atoms with Gasteiger partial charge in [-0.25, -0.2) is 8.78 Å². The maximum atomic E-state index is 14.0. The van der Waals surface area contributed by atoms with Crippen LogP contribution in [0.2, 0.25) is 0 Å². The molecular weight excluding hydrogens is 268 g/mol. The summed E-state index contributed by atoms with van der Waals surface area (Å²) in [6.07, 6.45) is 0. The van der Waals surface area contributed by atoms with E-state index in [1.807, 2.05) is 20.8 Å². The van der Waals surface area contributed by atoms with E-state index >= 15 is 0 Å². The molecule has 0 saturated carbocycles. The Hall–Kier alpha value is -1.56. The van der Waals surface area contributed by atoms with Crippen molar-refractivity contribution in [1.82, 2.24) is 14.8 Å². The first-order valence-corrected chi connectivity index (χ1v) is 6.26. The van der Waals surface area contributed by atoms with Gasteiger partial charge in [-0.1, -0.05) is 0 Å². The average molecular weight is 283 g/mol. The molecule has 2 aromatic rings. The largest absolute Gasteiger partial charge is 0.295 e. The van der Waals surface area contributed by atoms with Crippen LogP contribution in [-0.4, -0.2) is 14.8 Å². The van der Waals surface area contributed by atoms with Gasteiger partial charge < -0.3 is 0 Å². The third-order valence-electron chi connectivity index (χ3n) is 2.83. The molecule has 3 nitrogen and oxygen atoms in total. The van der Waals surface area contributed by atoms with Crippen LogP contribution in [0.3, 0.4) is 0 Å². The lowest BCUT2D eigenvalue weighted by molar-refractivity contribution is 0.395. The fraction of sp³-hybridized carbons (Fsp3) is 0.385. The van der Waals surface area contributed by atoms with E-state index in [1.54, 1.807) is 11.5 Å². The van der Waals surface area contributed by atoms with Crippen LogP contribution in [0.4, 0.5) is 8.78 Å². The normalized spacial score (nSPS) is 11.9. The maximum Gasteiger partial charge on any atom is 0.195 e. The summed E-state index contributed by atoms with van der Waals surface area (Å²) in [5.41, 5.74) is 0.251. The number of halogens is 2. The second-order valence-corrected chi connectivity index (χ2v) is 5.83. The molecule has 0 spiro atoms. The molecule has 0 unspecified atom stereocenters. The maximum absolute atomic E-state index is 14.0. The fourth-order valence-electron chi connectivity index (χ4n) is 1.93. The topological polar surface area (TPSA) is 33.6 Å². The molecule has 0 fully saturated rings. The van der Waals surface area contributed by atoms with Crippen LogP contribution in [0.15, 0.2) is 12.1 Å². The lowest BCUT2D eigenvalue weighted by Crippen LogP contribution is -2.23. The Bertz CT molecular complexity index is 680. The van der Waals surface area contributed by atoms with Crippen molar-refractivity contribution in [2.45, 2.75) is 33.2 Å². The summed E-state index contributed by atoms with van der Waals surface area (Å²) < 4.78 is 29.4. The lowest BCUT2D eigenvalue weighted by atomic mass is 10.1. The number of aromatic nitrogens is 3. The molecule has 0 amide bonds. The number of nitrogens with one attached hydrogen (secondary N) is 1. The van der Waals surface area contributed by atoms with Crippen molar-refractivity contribution in [1.29, 1.82) is 0 Å². The Morgan fingerprint density at radius 3 is 2.42 bits per heavy atom. The standard InChI is InChI=1S/C13H15F2N3S/c1-7-5-8(10(15)6-9(7)14)11-16-17-12(19)18(11)13(2,3)4/h5-6H,1-4H3,(H,17,19). The molecule has 1 heterocycles. The van der Waals surface area contributed by atoms with Crippen LogP contribution in [-0.2, 0) is 5.54 Å². The minimum absolute atomic E-state index is 0.237. The van der Waals surface area contributed by atoms with Gasteiger partial charge in [0.15, 0.2) is 10.6 Å². The molecule has 1 aromatic heterocycles. The predicted molar refractivity (Wildman–Crippen MR) is 72.5 cm³/mol.